The van der Waals surface area contributed by atoms with Gasteiger partial charge in [0.15, 0.2) is 0 Å². The Balaban J connectivity index is 2.64. The summed E-state index contributed by atoms with van der Waals surface area (Å²) in [5, 5.41) is 10.8. The second kappa shape index (κ2) is 4.80. The number of nitrogen functional groups attached to an aromatic ring is 1. The quantitative estimate of drug-likeness (QED) is 0.677. The molecule has 8 heteroatoms. The molecule has 2 N–H and O–H groups in total. The normalized spacial score (nSPS) is 11.3. The van der Waals surface area contributed by atoms with E-state index in [0.29, 0.717) is 0 Å². The average molecular weight is 283 g/mol. The molecule has 1 aromatic heterocycles. The monoisotopic (exact) mass is 283 g/mol. The third-order valence-electron chi connectivity index (χ3n) is 2.64. The van der Waals surface area contributed by atoms with Crippen molar-refractivity contribution in [1.82, 2.24) is 4.98 Å². The molecule has 0 aliphatic carbocycles. The molecule has 0 saturated heterocycles. The highest BCUT2D eigenvalue weighted by atomic mass is 19.4. The Morgan fingerprint density at radius 2 is 1.90 bits per heavy atom. The Hall–Kier alpha value is -2.64. The Labute approximate surface area is 111 Å². The van der Waals surface area contributed by atoms with Crippen molar-refractivity contribution < 1.29 is 18.1 Å². The molecule has 0 fully saturated rings. The van der Waals surface area contributed by atoms with Crippen LogP contribution >= 0.6 is 0 Å². The molecule has 0 atom stereocenters. The summed E-state index contributed by atoms with van der Waals surface area (Å²) in [6.45, 7) is 0. The van der Waals surface area contributed by atoms with Gasteiger partial charge >= 0.3 is 11.9 Å². The zero-order chi connectivity index (χ0) is 14.9. The van der Waals surface area contributed by atoms with Crippen molar-refractivity contribution in [1.29, 1.82) is 0 Å². The molecule has 20 heavy (non-hydrogen) atoms. The van der Waals surface area contributed by atoms with Gasteiger partial charge in [-0.1, -0.05) is 18.2 Å². The molecular formula is C12H8F3N3O2. The van der Waals surface area contributed by atoms with E-state index in [1.165, 1.54) is 18.2 Å². The van der Waals surface area contributed by atoms with Crippen molar-refractivity contribution in [2.75, 3.05) is 5.73 Å². The van der Waals surface area contributed by atoms with Gasteiger partial charge < -0.3 is 5.73 Å². The lowest BCUT2D eigenvalue weighted by Gasteiger charge is -2.12. The van der Waals surface area contributed by atoms with Gasteiger partial charge in [0.05, 0.1) is 10.5 Å². The highest BCUT2D eigenvalue weighted by Gasteiger charge is 2.33. The number of benzene rings is 1. The van der Waals surface area contributed by atoms with Crippen molar-refractivity contribution >= 4 is 11.5 Å². The first kappa shape index (κ1) is 13.8. The second-order valence-corrected chi connectivity index (χ2v) is 3.93. The van der Waals surface area contributed by atoms with E-state index in [1.54, 1.807) is 0 Å². The van der Waals surface area contributed by atoms with Crippen LogP contribution in [-0.2, 0) is 6.18 Å². The number of aromatic nitrogens is 1. The highest BCUT2D eigenvalue weighted by Crippen LogP contribution is 2.37. The molecule has 0 amide bonds. The lowest BCUT2D eigenvalue weighted by molar-refractivity contribution is -0.384. The number of alkyl halides is 3. The number of nitro groups is 1. The number of hydrogen-bond acceptors (Lipinski definition) is 4. The Kier molecular flexibility index (Phi) is 3.31. The molecule has 0 aliphatic heterocycles. The van der Waals surface area contributed by atoms with E-state index >= 15 is 0 Å². The Bertz CT molecular complexity index is 671. The molecule has 1 heterocycles. The Morgan fingerprint density at radius 1 is 1.25 bits per heavy atom. The molecule has 5 nitrogen and oxygen atoms in total. The first-order chi connectivity index (χ1) is 9.30. The summed E-state index contributed by atoms with van der Waals surface area (Å²) in [4.78, 5) is 13.5. The van der Waals surface area contributed by atoms with Gasteiger partial charge in [-0.25, -0.2) is 4.98 Å². The van der Waals surface area contributed by atoms with Crippen LogP contribution in [-0.4, -0.2) is 9.91 Å². The van der Waals surface area contributed by atoms with Crippen LogP contribution < -0.4 is 5.73 Å². The van der Waals surface area contributed by atoms with Crippen molar-refractivity contribution in [3.05, 3.63) is 52.2 Å². The second-order valence-electron chi connectivity index (χ2n) is 3.93. The zero-order valence-corrected chi connectivity index (χ0v) is 9.89. The van der Waals surface area contributed by atoms with Gasteiger partial charge in [0, 0.05) is 17.8 Å². The van der Waals surface area contributed by atoms with Gasteiger partial charge in [-0.15, -0.1) is 0 Å². The minimum atomic E-state index is -4.56. The van der Waals surface area contributed by atoms with Crippen molar-refractivity contribution in [3.63, 3.8) is 0 Å². The van der Waals surface area contributed by atoms with Crippen LogP contribution in [0.15, 0.2) is 36.5 Å². The van der Waals surface area contributed by atoms with E-state index in [1.807, 2.05) is 0 Å². The number of rotatable bonds is 2. The number of pyridine rings is 1. The van der Waals surface area contributed by atoms with Gasteiger partial charge in [0.25, 0.3) is 0 Å². The lowest BCUT2D eigenvalue weighted by atomic mass is 10.0. The summed E-state index contributed by atoms with van der Waals surface area (Å²) in [6.07, 6.45) is -3.49. The van der Waals surface area contributed by atoms with Crippen LogP contribution in [0.5, 0.6) is 0 Å². The topological polar surface area (TPSA) is 82.0 Å². The standard InChI is InChI=1S/C12H8F3N3O2/c13-12(14,15)9-4-2-1-3-8(9)7-5-10(18(19)20)11(16)17-6-7/h1-6H,(H2,16,17). The van der Waals surface area contributed by atoms with E-state index in [4.69, 9.17) is 5.73 Å². The van der Waals surface area contributed by atoms with Crippen molar-refractivity contribution in [3.8, 4) is 11.1 Å². The zero-order valence-electron chi connectivity index (χ0n) is 9.89. The fourth-order valence-electron chi connectivity index (χ4n) is 1.74. The molecule has 104 valence electrons. The lowest BCUT2D eigenvalue weighted by Crippen LogP contribution is -2.07. The van der Waals surface area contributed by atoms with Gasteiger partial charge in [-0.3, -0.25) is 10.1 Å². The molecule has 0 aliphatic rings. The number of anilines is 1. The van der Waals surface area contributed by atoms with E-state index in [9.17, 15) is 23.3 Å². The van der Waals surface area contributed by atoms with Gasteiger partial charge in [-0.05, 0) is 11.6 Å². The fraction of sp³-hybridized carbons (Fsp3) is 0.0833. The maximum atomic E-state index is 12.9. The number of hydrogen-bond donors (Lipinski definition) is 1. The first-order valence-electron chi connectivity index (χ1n) is 5.37. The van der Waals surface area contributed by atoms with Crippen LogP contribution in [0.4, 0.5) is 24.7 Å². The minimum Gasteiger partial charge on any atom is -0.378 e. The van der Waals surface area contributed by atoms with Crippen LogP contribution in [0.25, 0.3) is 11.1 Å². The van der Waals surface area contributed by atoms with Gasteiger partial charge in [-0.2, -0.15) is 13.2 Å². The van der Waals surface area contributed by atoms with Crippen LogP contribution in [0.2, 0.25) is 0 Å². The summed E-state index contributed by atoms with van der Waals surface area (Å²) in [6, 6.07) is 5.75. The van der Waals surface area contributed by atoms with Crippen LogP contribution in [0.3, 0.4) is 0 Å². The van der Waals surface area contributed by atoms with Crippen LogP contribution in [0.1, 0.15) is 5.56 Å². The molecule has 0 saturated carbocycles. The molecule has 2 rings (SSSR count). The Morgan fingerprint density at radius 3 is 2.50 bits per heavy atom. The molecule has 0 unspecified atom stereocenters. The molecule has 0 radical (unpaired) electrons. The predicted molar refractivity (Wildman–Crippen MR) is 65.7 cm³/mol. The van der Waals surface area contributed by atoms with E-state index in [2.05, 4.69) is 4.98 Å². The largest absolute Gasteiger partial charge is 0.417 e. The minimum absolute atomic E-state index is 0.0150. The summed E-state index contributed by atoms with van der Waals surface area (Å²) in [5.74, 6) is -0.344. The van der Waals surface area contributed by atoms with E-state index < -0.39 is 22.4 Å². The summed E-state index contributed by atoms with van der Waals surface area (Å²) in [7, 11) is 0. The number of nitrogens with two attached hydrogens (primary N) is 1. The van der Waals surface area contributed by atoms with Crippen molar-refractivity contribution in [2.24, 2.45) is 0 Å². The SMILES string of the molecule is Nc1ncc(-c2ccccc2C(F)(F)F)cc1[N+](=O)[O-]. The molecule has 0 spiro atoms. The maximum absolute atomic E-state index is 12.9. The third kappa shape index (κ3) is 2.53. The van der Waals surface area contributed by atoms with Crippen molar-refractivity contribution in [2.45, 2.75) is 6.18 Å². The van der Waals surface area contributed by atoms with Gasteiger partial charge in [0.2, 0.25) is 5.82 Å². The smallest absolute Gasteiger partial charge is 0.378 e. The molecule has 0 bridgehead atoms. The molecular weight excluding hydrogens is 275 g/mol. The van der Waals surface area contributed by atoms with Gasteiger partial charge in [0.1, 0.15) is 0 Å². The summed E-state index contributed by atoms with van der Waals surface area (Å²) in [5.41, 5.74) is 3.70. The highest BCUT2D eigenvalue weighted by molar-refractivity contribution is 5.72. The van der Waals surface area contributed by atoms with E-state index in [-0.39, 0.29) is 16.9 Å². The summed E-state index contributed by atoms with van der Waals surface area (Å²) >= 11 is 0. The first-order valence-corrected chi connectivity index (χ1v) is 5.37. The molecule has 1 aromatic carbocycles. The third-order valence-corrected chi connectivity index (χ3v) is 2.64. The fourth-order valence-corrected chi connectivity index (χ4v) is 1.74. The summed E-state index contributed by atoms with van der Waals surface area (Å²) < 4.78 is 38.7. The number of nitrogens with zero attached hydrogens (tertiary/aromatic N) is 2. The van der Waals surface area contributed by atoms with Crippen LogP contribution in [0, 0.1) is 10.1 Å². The average Bonchev–Trinajstić information content (AvgIpc) is 2.38. The molecule has 2 aromatic rings. The van der Waals surface area contributed by atoms with E-state index in [0.717, 1.165) is 18.3 Å². The number of halogens is 3. The predicted octanol–water partition coefficient (Wildman–Crippen LogP) is 3.26. The maximum Gasteiger partial charge on any atom is 0.417 e.